The predicted molar refractivity (Wildman–Crippen MR) is 96.8 cm³/mol. The van der Waals surface area contributed by atoms with E-state index in [2.05, 4.69) is 10.6 Å². The highest BCUT2D eigenvalue weighted by Gasteiger charge is 2.26. The van der Waals surface area contributed by atoms with Crippen LogP contribution in [0.3, 0.4) is 0 Å². The lowest BCUT2D eigenvalue weighted by Crippen LogP contribution is -2.40. The maximum Gasteiger partial charge on any atom is 0.258 e. The number of carbonyl (C=O) groups excluding carboxylic acids is 2. The molecule has 0 bridgehead atoms. The molecule has 2 aromatic carbocycles. The van der Waals surface area contributed by atoms with E-state index in [-0.39, 0.29) is 23.4 Å². The first-order valence-electron chi connectivity index (χ1n) is 8.56. The monoisotopic (exact) mass is 356 g/mol. The summed E-state index contributed by atoms with van der Waals surface area (Å²) in [5.41, 5.74) is 1.35. The van der Waals surface area contributed by atoms with Gasteiger partial charge in [-0.05, 0) is 56.2 Å². The van der Waals surface area contributed by atoms with Gasteiger partial charge in [-0.15, -0.1) is 0 Å². The first-order chi connectivity index (χ1) is 12.4. The van der Waals surface area contributed by atoms with Crippen LogP contribution in [0.1, 0.15) is 29.8 Å². The molecule has 0 unspecified atom stereocenters. The molecular weight excluding hydrogens is 335 g/mol. The quantitative estimate of drug-likeness (QED) is 0.884. The molecule has 5 nitrogen and oxygen atoms in total. The summed E-state index contributed by atoms with van der Waals surface area (Å²) in [6, 6.07) is 11.1. The van der Waals surface area contributed by atoms with Gasteiger partial charge < -0.3 is 15.4 Å². The van der Waals surface area contributed by atoms with E-state index in [0.717, 1.165) is 5.56 Å². The Kier molecular flexibility index (Phi) is 5.21. The van der Waals surface area contributed by atoms with Crippen molar-refractivity contribution in [2.24, 2.45) is 5.92 Å². The van der Waals surface area contributed by atoms with Gasteiger partial charge in [0.15, 0.2) is 0 Å². The predicted octanol–water partition coefficient (Wildman–Crippen LogP) is 3.15. The van der Waals surface area contributed by atoms with E-state index in [1.165, 1.54) is 18.2 Å². The molecule has 2 N–H and O–H groups in total. The molecule has 136 valence electrons. The minimum atomic E-state index is -0.572. The van der Waals surface area contributed by atoms with Crippen LogP contribution in [-0.4, -0.2) is 24.5 Å². The van der Waals surface area contributed by atoms with Gasteiger partial charge in [0.25, 0.3) is 5.91 Å². The zero-order valence-electron chi connectivity index (χ0n) is 14.7. The molecule has 1 aliphatic rings. The van der Waals surface area contributed by atoms with Crippen molar-refractivity contribution >= 4 is 17.5 Å². The van der Waals surface area contributed by atoms with E-state index < -0.39 is 11.7 Å². The van der Waals surface area contributed by atoms with Gasteiger partial charge in [-0.1, -0.05) is 12.1 Å². The van der Waals surface area contributed by atoms with Crippen LogP contribution in [0, 0.1) is 11.7 Å². The smallest absolute Gasteiger partial charge is 0.258 e. The molecule has 6 heteroatoms. The number of rotatable bonds is 4. The molecule has 26 heavy (non-hydrogen) atoms. The number of amides is 2. The van der Waals surface area contributed by atoms with Crippen molar-refractivity contribution in [3.8, 4) is 5.75 Å². The number of anilines is 1. The average Bonchev–Trinajstić information content (AvgIpc) is 2.60. The number of hydrogen-bond acceptors (Lipinski definition) is 3. The lowest BCUT2D eigenvalue weighted by atomic mass is 9.95. The van der Waals surface area contributed by atoms with Crippen molar-refractivity contribution in [2.45, 2.75) is 26.3 Å². The SMILES string of the molecule is CC(C)NC(=O)[C@@H]1COc2ccc(NC(=O)c3ccccc3F)cc2C1. The highest BCUT2D eigenvalue weighted by molar-refractivity contribution is 6.04. The Hall–Kier alpha value is -2.89. The Balaban J connectivity index is 1.74. The lowest BCUT2D eigenvalue weighted by molar-refractivity contribution is -0.126. The van der Waals surface area contributed by atoms with Crippen LogP contribution in [0.4, 0.5) is 10.1 Å². The van der Waals surface area contributed by atoms with Gasteiger partial charge in [0.1, 0.15) is 18.2 Å². The van der Waals surface area contributed by atoms with Crippen molar-refractivity contribution in [2.75, 3.05) is 11.9 Å². The van der Waals surface area contributed by atoms with E-state index in [4.69, 9.17) is 4.74 Å². The molecule has 1 aliphatic heterocycles. The van der Waals surface area contributed by atoms with Crippen molar-refractivity contribution in [1.29, 1.82) is 0 Å². The van der Waals surface area contributed by atoms with E-state index in [9.17, 15) is 14.0 Å². The lowest BCUT2D eigenvalue weighted by Gasteiger charge is -2.26. The molecule has 1 heterocycles. The molecule has 0 aliphatic carbocycles. The van der Waals surface area contributed by atoms with Crippen LogP contribution in [0.15, 0.2) is 42.5 Å². The summed E-state index contributed by atoms with van der Waals surface area (Å²) in [4.78, 5) is 24.5. The van der Waals surface area contributed by atoms with Crippen molar-refractivity contribution in [3.63, 3.8) is 0 Å². The topological polar surface area (TPSA) is 67.4 Å². The fourth-order valence-electron chi connectivity index (χ4n) is 2.89. The fraction of sp³-hybridized carbons (Fsp3) is 0.300. The number of benzene rings is 2. The molecule has 0 saturated carbocycles. The number of carbonyl (C=O) groups is 2. The standard InChI is InChI=1S/C20H21FN2O3/c1-12(2)22-19(24)14-9-13-10-15(7-8-18(13)26-11-14)23-20(25)16-5-3-4-6-17(16)21/h3-8,10,12,14H,9,11H2,1-2H3,(H,22,24)(H,23,25)/t14-/m0/s1. The summed E-state index contributed by atoms with van der Waals surface area (Å²) < 4.78 is 19.4. The molecule has 0 saturated heterocycles. The highest BCUT2D eigenvalue weighted by Crippen LogP contribution is 2.30. The second-order valence-corrected chi connectivity index (χ2v) is 6.63. The third-order valence-corrected chi connectivity index (χ3v) is 4.14. The first-order valence-corrected chi connectivity index (χ1v) is 8.56. The maximum absolute atomic E-state index is 13.7. The first kappa shape index (κ1) is 17.9. The van der Waals surface area contributed by atoms with Crippen LogP contribution in [0.25, 0.3) is 0 Å². The minimum Gasteiger partial charge on any atom is -0.492 e. The summed E-state index contributed by atoms with van der Waals surface area (Å²) in [5, 5.41) is 5.58. The van der Waals surface area contributed by atoms with Gasteiger partial charge in [-0.25, -0.2) is 4.39 Å². The Morgan fingerprint density at radius 3 is 2.69 bits per heavy atom. The molecule has 0 fully saturated rings. The van der Waals surface area contributed by atoms with Crippen LogP contribution >= 0.6 is 0 Å². The second kappa shape index (κ2) is 7.56. The Morgan fingerprint density at radius 2 is 1.96 bits per heavy atom. The third-order valence-electron chi connectivity index (χ3n) is 4.14. The zero-order chi connectivity index (χ0) is 18.7. The molecule has 3 rings (SSSR count). The minimum absolute atomic E-state index is 0.0179. The summed E-state index contributed by atoms with van der Waals surface area (Å²) in [7, 11) is 0. The molecular formula is C20H21FN2O3. The molecule has 0 spiro atoms. The summed E-state index contributed by atoms with van der Waals surface area (Å²) in [6.07, 6.45) is 0.525. The zero-order valence-corrected chi connectivity index (χ0v) is 14.7. The number of ether oxygens (including phenoxy) is 1. The van der Waals surface area contributed by atoms with Gasteiger partial charge in [0, 0.05) is 11.7 Å². The van der Waals surface area contributed by atoms with Crippen LogP contribution in [0.5, 0.6) is 5.75 Å². The third kappa shape index (κ3) is 4.02. The van der Waals surface area contributed by atoms with Crippen LogP contribution in [0.2, 0.25) is 0 Å². The van der Waals surface area contributed by atoms with E-state index in [1.54, 1.807) is 24.3 Å². The Bertz CT molecular complexity index is 836. The second-order valence-electron chi connectivity index (χ2n) is 6.63. The summed E-state index contributed by atoms with van der Waals surface area (Å²) >= 11 is 0. The van der Waals surface area contributed by atoms with Gasteiger partial charge >= 0.3 is 0 Å². The Morgan fingerprint density at radius 1 is 1.19 bits per heavy atom. The highest BCUT2D eigenvalue weighted by atomic mass is 19.1. The fourth-order valence-corrected chi connectivity index (χ4v) is 2.89. The maximum atomic E-state index is 13.7. The largest absolute Gasteiger partial charge is 0.492 e. The molecule has 0 aromatic heterocycles. The average molecular weight is 356 g/mol. The molecule has 2 amide bonds. The normalized spacial score (nSPS) is 15.8. The Labute approximate surface area is 151 Å². The molecule has 1 atom stereocenters. The van der Waals surface area contributed by atoms with E-state index in [1.807, 2.05) is 13.8 Å². The van der Waals surface area contributed by atoms with Gasteiger partial charge in [-0.3, -0.25) is 9.59 Å². The van der Waals surface area contributed by atoms with Gasteiger partial charge in [0.05, 0.1) is 11.5 Å². The van der Waals surface area contributed by atoms with Crippen LogP contribution < -0.4 is 15.4 Å². The van der Waals surface area contributed by atoms with Crippen LogP contribution in [-0.2, 0) is 11.2 Å². The summed E-state index contributed by atoms with van der Waals surface area (Å²) in [5.74, 6) is -0.720. The molecule has 0 radical (unpaired) electrons. The number of fused-ring (bicyclic) bond motifs is 1. The number of halogens is 1. The van der Waals surface area contributed by atoms with Crippen molar-refractivity contribution < 1.29 is 18.7 Å². The van der Waals surface area contributed by atoms with E-state index in [0.29, 0.717) is 24.5 Å². The van der Waals surface area contributed by atoms with E-state index >= 15 is 0 Å². The van der Waals surface area contributed by atoms with Crippen molar-refractivity contribution in [1.82, 2.24) is 5.32 Å². The van der Waals surface area contributed by atoms with Gasteiger partial charge in [0.2, 0.25) is 5.91 Å². The summed E-state index contributed by atoms with van der Waals surface area (Å²) in [6.45, 7) is 4.14. The molecule has 2 aromatic rings. The van der Waals surface area contributed by atoms with Crippen molar-refractivity contribution in [3.05, 3.63) is 59.4 Å². The number of hydrogen-bond donors (Lipinski definition) is 2. The number of nitrogens with one attached hydrogen (secondary N) is 2. The van der Waals surface area contributed by atoms with Gasteiger partial charge in [-0.2, -0.15) is 0 Å².